The molecule has 9 heteroatoms. The van der Waals surface area contributed by atoms with Crippen molar-refractivity contribution < 1.29 is 17.7 Å². The molecule has 1 saturated heterocycles. The topological polar surface area (TPSA) is 58.3 Å². The highest BCUT2D eigenvalue weighted by molar-refractivity contribution is 5.55. The molecule has 1 aromatic carbocycles. The first kappa shape index (κ1) is 19.5. The SMILES string of the molecule is FC(F)(F)c1cccc(-c2noc(CN3CCN(Cc4cccnc4)CC3)n2)c1. The minimum absolute atomic E-state index is 0.168. The van der Waals surface area contributed by atoms with Crippen molar-refractivity contribution in [3.8, 4) is 11.4 Å². The lowest BCUT2D eigenvalue weighted by Gasteiger charge is -2.33. The van der Waals surface area contributed by atoms with Crippen LogP contribution in [0, 0.1) is 0 Å². The van der Waals surface area contributed by atoms with Crippen molar-refractivity contribution >= 4 is 0 Å². The van der Waals surface area contributed by atoms with Crippen molar-refractivity contribution in [3.05, 3.63) is 65.8 Å². The molecule has 3 heterocycles. The Kier molecular flexibility index (Phi) is 5.59. The van der Waals surface area contributed by atoms with E-state index >= 15 is 0 Å². The predicted octanol–water partition coefficient (Wildman–Crippen LogP) is 3.47. The summed E-state index contributed by atoms with van der Waals surface area (Å²) in [5, 5.41) is 3.85. The third kappa shape index (κ3) is 4.99. The van der Waals surface area contributed by atoms with E-state index in [4.69, 9.17) is 4.52 Å². The number of nitrogens with zero attached hydrogens (tertiary/aromatic N) is 5. The summed E-state index contributed by atoms with van der Waals surface area (Å²) >= 11 is 0. The molecule has 1 aliphatic heterocycles. The van der Waals surface area contributed by atoms with E-state index in [1.165, 1.54) is 11.6 Å². The van der Waals surface area contributed by atoms with Crippen molar-refractivity contribution in [3.63, 3.8) is 0 Å². The van der Waals surface area contributed by atoms with Gasteiger partial charge in [-0.05, 0) is 23.8 Å². The standard InChI is InChI=1S/C20H20F3N5O/c21-20(22,23)17-5-1-4-16(11-17)19-25-18(29-26-19)14-28-9-7-27(8-10-28)13-15-3-2-6-24-12-15/h1-6,11-12H,7-10,13-14H2. The minimum atomic E-state index is -4.40. The molecule has 6 nitrogen and oxygen atoms in total. The Labute approximate surface area is 166 Å². The summed E-state index contributed by atoms with van der Waals surface area (Å²) in [6.45, 7) is 4.85. The molecule has 0 atom stereocenters. The second-order valence-electron chi connectivity index (χ2n) is 7.00. The van der Waals surface area contributed by atoms with Crippen LogP contribution < -0.4 is 0 Å². The van der Waals surface area contributed by atoms with Crippen LogP contribution in [0.1, 0.15) is 17.0 Å². The summed E-state index contributed by atoms with van der Waals surface area (Å²) in [5.41, 5.74) is 0.741. The van der Waals surface area contributed by atoms with E-state index < -0.39 is 11.7 Å². The second kappa shape index (κ2) is 8.30. The molecule has 0 aliphatic carbocycles. The Bertz CT molecular complexity index is 937. The maximum atomic E-state index is 12.9. The number of aromatic nitrogens is 3. The normalized spacial score (nSPS) is 16.2. The Morgan fingerprint density at radius 3 is 2.41 bits per heavy atom. The zero-order chi connectivity index (χ0) is 20.3. The number of hydrogen-bond donors (Lipinski definition) is 0. The molecule has 0 amide bonds. The predicted molar refractivity (Wildman–Crippen MR) is 99.5 cm³/mol. The molecule has 152 valence electrons. The lowest BCUT2D eigenvalue weighted by atomic mass is 10.1. The highest BCUT2D eigenvalue weighted by Crippen LogP contribution is 2.31. The Morgan fingerprint density at radius 1 is 0.966 bits per heavy atom. The smallest absolute Gasteiger partial charge is 0.338 e. The van der Waals surface area contributed by atoms with Gasteiger partial charge in [0.05, 0.1) is 12.1 Å². The average Bonchev–Trinajstić information content (AvgIpc) is 3.18. The maximum Gasteiger partial charge on any atom is 0.416 e. The van der Waals surface area contributed by atoms with Crippen molar-refractivity contribution in [2.45, 2.75) is 19.3 Å². The van der Waals surface area contributed by atoms with E-state index in [9.17, 15) is 13.2 Å². The van der Waals surface area contributed by atoms with Crippen LogP contribution in [0.15, 0.2) is 53.3 Å². The molecule has 1 aliphatic rings. The van der Waals surface area contributed by atoms with Crippen LogP contribution in [0.3, 0.4) is 0 Å². The molecule has 3 aromatic rings. The van der Waals surface area contributed by atoms with Gasteiger partial charge in [0.25, 0.3) is 0 Å². The van der Waals surface area contributed by atoms with Gasteiger partial charge in [0.1, 0.15) is 0 Å². The van der Waals surface area contributed by atoms with Gasteiger partial charge in [-0.15, -0.1) is 0 Å². The van der Waals surface area contributed by atoms with Gasteiger partial charge in [-0.1, -0.05) is 23.4 Å². The van der Waals surface area contributed by atoms with Gasteiger partial charge in [-0.25, -0.2) is 0 Å². The molecule has 0 bridgehead atoms. The van der Waals surface area contributed by atoms with Crippen molar-refractivity contribution in [1.82, 2.24) is 24.9 Å². The van der Waals surface area contributed by atoms with Gasteiger partial charge in [-0.3, -0.25) is 14.8 Å². The summed E-state index contributed by atoms with van der Waals surface area (Å²) in [7, 11) is 0. The molecule has 0 unspecified atom stereocenters. The van der Waals surface area contributed by atoms with Crippen LogP contribution in [-0.2, 0) is 19.3 Å². The number of alkyl halides is 3. The lowest BCUT2D eigenvalue weighted by molar-refractivity contribution is -0.137. The van der Waals surface area contributed by atoms with Gasteiger partial charge in [0.2, 0.25) is 11.7 Å². The van der Waals surface area contributed by atoms with Crippen molar-refractivity contribution in [2.75, 3.05) is 26.2 Å². The largest absolute Gasteiger partial charge is 0.416 e. The number of hydrogen-bond acceptors (Lipinski definition) is 6. The number of piperazine rings is 1. The molecule has 29 heavy (non-hydrogen) atoms. The molecular weight excluding hydrogens is 383 g/mol. The fourth-order valence-corrected chi connectivity index (χ4v) is 3.32. The highest BCUT2D eigenvalue weighted by atomic mass is 19.4. The first-order valence-corrected chi connectivity index (χ1v) is 9.31. The lowest BCUT2D eigenvalue weighted by Crippen LogP contribution is -2.45. The zero-order valence-corrected chi connectivity index (χ0v) is 15.6. The van der Waals surface area contributed by atoms with Crippen LogP contribution in [0.5, 0.6) is 0 Å². The van der Waals surface area contributed by atoms with Crippen molar-refractivity contribution in [2.24, 2.45) is 0 Å². The van der Waals surface area contributed by atoms with Crippen LogP contribution in [0.4, 0.5) is 13.2 Å². The molecule has 1 fully saturated rings. The van der Waals surface area contributed by atoms with Gasteiger partial charge in [0, 0.05) is 50.7 Å². The Morgan fingerprint density at radius 2 is 1.72 bits per heavy atom. The molecule has 2 aromatic heterocycles. The first-order valence-electron chi connectivity index (χ1n) is 9.31. The summed E-state index contributed by atoms with van der Waals surface area (Å²) in [5.74, 6) is 0.569. The number of pyridine rings is 1. The van der Waals surface area contributed by atoms with Gasteiger partial charge >= 0.3 is 6.18 Å². The van der Waals surface area contributed by atoms with E-state index in [1.54, 1.807) is 12.3 Å². The van der Waals surface area contributed by atoms with Crippen molar-refractivity contribution in [1.29, 1.82) is 0 Å². The maximum absolute atomic E-state index is 12.9. The van der Waals surface area contributed by atoms with Gasteiger partial charge in [-0.2, -0.15) is 18.2 Å². The average molecular weight is 403 g/mol. The minimum Gasteiger partial charge on any atom is -0.338 e. The Hall–Kier alpha value is -2.78. The van der Waals surface area contributed by atoms with E-state index in [0.717, 1.165) is 44.9 Å². The molecule has 4 rings (SSSR count). The zero-order valence-electron chi connectivity index (χ0n) is 15.6. The van der Waals surface area contributed by atoms with Crippen LogP contribution in [0.25, 0.3) is 11.4 Å². The number of halogens is 3. The van der Waals surface area contributed by atoms with E-state index in [1.807, 2.05) is 12.3 Å². The third-order valence-corrected chi connectivity index (χ3v) is 4.87. The van der Waals surface area contributed by atoms with E-state index in [-0.39, 0.29) is 11.4 Å². The summed E-state index contributed by atoms with van der Waals surface area (Å²) in [4.78, 5) is 13.0. The molecule has 0 spiro atoms. The quantitative estimate of drug-likeness (QED) is 0.650. The summed E-state index contributed by atoms with van der Waals surface area (Å²) in [6, 6.07) is 8.94. The molecular formula is C20H20F3N5O. The number of rotatable bonds is 5. The second-order valence-corrected chi connectivity index (χ2v) is 7.00. The summed E-state index contributed by atoms with van der Waals surface area (Å²) < 4.78 is 43.9. The van der Waals surface area contributed by atoms with Crippen LogP contribution in [-0.4, -0.2) is 51.1 Å². The monoisotopic (exact) mass is 403 g/mol. The third-order valence-electron chi connectivity index (χ3n) is 4.87. The van der Waals surface area contributed by atoms with E-state index in [0.29, 0.717) is 12.4 Å². The highest BCUT2D eigenvalue weighted by Gasteiger charge is 2.30. The van der Waals surface area contributed by atoms with Gasteiger partial charge < -0.3 is 4.52 Å². The fraction of sp³-hybridized carbons (Fsp3) is 0.350. The molecule has 0 N–H and O–H groups in total. The molecule has 0 radical (unpaired) electrons. The summed E-state index contributed by atoms with van der Waals surface area (Å²) in [6.07, 6.45) is -0.766. The Balaban J connectivity index is 1.33. The molecule has 0 saturated carbocycles. The van der Waals surface area contributed by atoms with Crippen LogP contribution >= 0.6 is 0 Å². The van der Waals surface area contributed by atoms with Gasteiger partial charge in [0.15, 0.2) is 0 Å². The number of benzene rings is 1. The first-order chi connectivity index (χ1) is 14.0. The van der Waals surface area contributed by atoms with Crippen LogP contribution in [0.2, 0.25) is 0 Å². The van der Waals surface area contributed by atoms with E-state index in [2.05, 4.69) is 31.0 Å². The fourth-order valence-electron chi connectivity index (χ4n) is 3.32.